The summed E-state index contributed by atoms with van der Waals surface area (Å²) in [7, 11) is 0. The largest absolute Gasteiger partial charge is 0.402 e. The van der Waals surface area contributed by atoms with Crippen LogP contribution >= 0.6 is 31.9 Å². The van der Waals surface area contributed by atoms with Crippen molar-refractivity contribution in [3.63, 3.8) is 0 Å². The van der Waals surface area contributed by atoms with Crippen molar-refractivity contribution >= 4 is 49.8 Å². The fourth-order valence-corrected chi connectivity index (χ4v) is 2.69. The standard InChI is InChI=1S/C16H9Br2NO2/c17-12-6-3-5-11(8-12)15-19-14(16(20)21-15)9-10-4-1-2-7-13(10)18/h1-9H. The first-order chi connectivity index (χ1) is 10.1. The zero-order chi connectivity index (χ0) is 14.8. The van der Waals surface area contributed by atoms with Gasteiger partial charge < -0.3 is 4.74 Å². The SMILES string of the molecule is O=C1OC(c2cccc(Br)c2)=NC1=Cc1ccccc1Br. The number of halogens is 2. The average molecular weight is 407 g/mol. The number of cyclic esters (lactones) is 1. The van der Waals surface area contributed by atoms with E-state index >= 15 is 0 Å². The zero-order valence-electron chi connectivity index (χ0n) is 10.7. The van der Waals surface area contributed by atoms with E-state index in [1.54, 1.807) is 6.08 Å². The molecule has 0 aromatic heterocycles. The van der Waals surface area contributed by atoms with E-state index in [9.17, 15) is 4.79 Å². The molecule has 0 saturated carbocycles. The van der Waals surface area contributed by atoms with E-state index in [1.807, 2.05) is 48.5 Å². The third kappa shape index (κ3) is 3.14. The molecule has 0 amide bonds. The summed E-state index contributed by atoms with van der Waals surface area (Å²) in [5.41, 5.74) is 1.92. The number of nitrogens with zero attached hydrogens (tertiary/aromatic N) is 1. The molecular weight excluding hydrogens is 398 g/mol. The summed E-state index contributed by atoms with van der Waals surface area (Å²) >= 11 is 6.83. The Morgan fingerprint density at radius 1 is 1.05 bits per heavy atom. The highest BCUT2D eigenvalue weighted by atomic mass is 79.9. The summed E-state index contributed by atoms with van der Waals surface area (Å²) in [6.07, 6.45) is 1.71. The fraction of sp³-hybridized carbons (Fsp3) is 0. The molecule has 0 fully saturated rings. The molecule has 1 heterocycles. The van der Waals surface area contributed by atoms with E-state index in [0.717, 1.165) is 20.1 Å². The van der Waals surface area contributed by atoms with Crippen molar-refractivity contribution < 1.29 is 9.53 Å². The molecule has 1 aliphatic rings. The van der Waals surface area contributed by atoms with Gasteiger partial charge in [0.25, 0.3) is 0 Å². The van der Waals surface area contributed by atoms with Gasteiger partial charge in [0.1, 0.15) is 0 Å². The molecule has 2 aromatic carbocycles. The van der Waals surface area contributed by atoms with Crippen molar-refractivity contribution in [2.75, 3.05) is 0 Å². The lowest BCUT2D eigenvalue weighted by atomic mass is 10.2. The molecule has 21 heavy (non-hydrogen) atoms. The smallest absolute Gasteiger partial charge is 0.363 e. The number of benzene rings is 2. The molecule has 0 unspecified atom stereocenters. The van der Waals surface area contributed by atoms with Crippen LogP contribution in [0.5, 0.6) is 0 Å². The van der Waals surface area contributed by atoms with Crippen LogP contribution in [0, 0.1) is 0 Å². The average Bonchev–Trinajstić information content (AvgIpc) is 2.83. The predicted octanol–water partition coefficient (Wildman–Crippen LogP) is 4.56. The number of hydrogen-bond acceptors (Lipinski definition) is 3. The van der Waals surface area contributed by atoms with Crippen molar-refractivity contribution in [3.8, 4) is 0 Å². The van der Waals surface area contributed by atoms with Gasteiger partial charge in [0, 0.05) is 14.5 Å². The van der Waals surface area contributed by atoms with Gasteiger partial charge in [-0.1, -0.05) is 56.1 Å². The summed E-state index contributed by atoms with van der Waals surface area (Å²) in [5, 5.41) is 0. The molecule has 3 nitrogen and oxygen atoms in total. The lowest BCUT2D eigenvalue weighted by molar-refractivity contribution is -0.129. The molecule has 0 radical (unpaired) electrons. The zero-order valence-corrected chi connectivity index (χ0v) is 13.9. The first-order valence-corrected chi connectivity index (χ1v) is 7.75. The number of aliphatic imine (C=N–C) groups is 1. The highest BCUT2D eigenvalue weighted by Crippen LogP contribution is 2.24. The molecule has 104 valence electrons. The number of rotatable bonds is 2. The molecule has 0 saturated heterocycles. The van der Waals surface area contributed by atoms with Gasteiger partial charge in [0.05, 0.1) is 0 Å². The molecule has 3 rings (SSSR count). The molecule has 1 aliphatic heterocycles. The number of carbonyl (C=O) groups excluding carboxylic acids is 1. The maximum absolute atomic E-state index is 11.9. The minimum absolute atomic E-state index is 0.289. The van der Waals surface area contributed by atoms with E-state index in [-0.39, 0.29) is 5.70 Å². The quantitative estimate of drug-likeness (QED) is 0.541. The summed E-state index contributed by atoms with van der Waals surface area (Å²) in [6, 6.07) is 15.1. The normalized spacial score (nSPS) is 16.0. The van der Waals surface area contributed by atoms with E-state index in [4.69, 9.17) is 4.74 Å². The second-order valence-electron chi connectivity index (χ2n) is 4.37. The van der Waals surface area contributed by atoms with Crippen molar-refractivity contribution in [1.29, 1.82) is 0 Å². The van der Waals surface area contributed by atoms with Gasteiger partial charge in [-0.3, -0.25) is 0 Å². The Hall–Kier alpha value is -1.72. The number of esters is 1. The van der Waals surface area contributed by atoms with Crippen LogP contribution in [-0.4, -0.2) is 11.9 Å². The summed E-state index contributed by atoms with van der Waals surface area (Å²) in [5.74, 6) is -0.125. The third-order valence-corrected chi connectivity index (χ3v) is 4.10. The van der Waals surface area contributed by atoms with Crippen LogP contribution in [0.3, 0.4) is 0 Å². The van der Waals surface area contributed by atoms with Gasteiger partial charge in [-0.25, -0.2) is 9.79 Å². The minimum atomic E-state index is -0.444. The minimum Gasteiger partial charge on any atom is -0.402 e. The van der Waals surface area contributed by atoms with Crippen LogP contribution in [0.25, 0.3) is 6.08 Å². The van der Waals surface area contributed by atoms with Crippen LogP contribution in [0.1, 0.15) is 11.1 Å². The van der Waals surface area contributed by atoms with Gasteiger partial charge in [0.15, 0.2) is 5.70 Å². The molecule has 0 N–H and O–H groups in total. The van der Waals surface area contributed by atoms with Gasteiger partial charge >= 0.3 is 5.97 Å². The van der Waals surface area contributed by atoms with Crippen LogP contribution in [0.2, 0.25) is 0 Å². The first-order valence-electron chi connectivity index (χ1n) is 6.16. The maximum atomic E-state index is 11.9. The van der Waals surface area contributed by atoms with Gasteiger partial charge in [-0.2, -0.15) is 0 Å². The summed E-state index contributed by atoms with van der Waals surface area (Å²) in [4.78, 5) is 16.2. The van der Waals surface area contributed by atoms with Crippen molar-refractivity contribution in [3.05, 3.63) is 74.3 Å². The molecule has 5 heteroatoms. The lowest BCUT2D eigenvalue weighted by Gasteiger charge is -1.99. The Bertz CT molecular complexity index is 781. The number of carbonyl (C=O) groups is 1. The monoisotopic (exact) mass is 405 g/mol. The number of hydrogen-bond donors (Lipinski definition) is 0. The van der Waals surface area contributed by atoms with Gasteiger partial charge in [0.2, 0.25) is 5.90 Å². The molecule has 0 spiro atoms. The summed E-state index contributed by atoms with van der Waals surface area (Å²) in [6.45, 7) is 0. The summed E-state index contributed by atoms with van der Waals surface area (Å²) < 4.78 is 7.04. The number of ether oxygens (including phenoxy) is 1. The Balaban J connectivity index is 1.98. The highest BCUT2D eigenvalue weighted by molar-refractivity contribution is 9.10. The second-order valence-corrected chi connectivity index (χ2v) is 6.14. The van der Waals surface area contributed by atoms with Crippen LogP contribution < -0.4 is 0 Å². The fourth-order valence-electron chi connectivity index (χ4n) is 1.89. The topological polar surface area (TPSA) is 38.7 Å². The van der Waals surface area contributed by atoms with Crippen LogP contribution in [-0.2, 0) is 9.53 Å². The van der Waals surface area contributed by atoms with Crippen molar-refractivity contribution in [2.45, 2.75) is 0 Å². The maximum Gasteiger partial charge on any atom is 0.363 e. The Labute approximate surface area is 138 Å². The highest BCUT2D eigenvalue weighted by Gasteiger charge is 2.24. The molecular formula is C16H9Br2NO2. The molecule has 0 bridgehead atoms. The molecule has 0 atom stereocenters. The van der Waals surface area contributed by atoms with E-state index in [0.29, 0.717) is 5.90 Å². The van der Waals surface area contributed by atoms with Gasteiger partial charge in [-0.15, -0.1) is 0 Å². The third-order valence-electron chi connectivity index (χ3n) is 2.89. The van der Waals surface area contributed by atoms with Crippen LogP contribution in [0.4, 0.5) is 0 Å². The van der Waals surface area contributed by atoms with Gasteiger partial charge in [-0.05, 0) is 35.9 Å². The van der Waals surface area contributed by atoms with E-state index in [2.05, 4.69) is 36.9 Å². The predicted molar refractivity (Wildman–Crippen MR) is 88.9 cm³/mol. The van der Waals surface area contributed by atoms with Crippen molar-refractivity contribution in [2.24, 2.45) is 4.99 Å². The first kappa shape index (κ1) is 14.2. The lowest BCUT2D eigenvalue weighted by Crippen LogP contribution is -2.05. The van der Waals surface area contributed by atoms with E-state index < -0.39 is 5.97 Å². The molecule has 2 aromatic rings. The second kappa shape index (κ2) is 5.95. The Kier molecular flexibility index (Phi) is 4.03. The van der Waals surface area contributed by atoms with E-state index in [1.165, 1.54) is 0 Å². The Morgan fingerprint density at radius 3 is 2.62 bits per heavy atom. The Morgan fingerprint density at radius 2 is 1.86 bits per heavy atom. The molecule has 0 aliphatic carbocycles. The van der Waals surface area contributed by atoms with Crippen LogP contribution in [0.15, 0.2) is 68.2 Å². The van der Waals surface area contributed by atoms with Crippen molar-refractivity contribution in [1.82, 2.24) is 0 Å².